The Morgan fingerprint density at radius 2 is 1.93 bits per heavy atom. The van der Waals surface area contributed by atoms with Crippen molar-refractivity contribution in [3.05, 3.63) is 40.9 Å². The van der Waals surface area contributed by atoms with Gasteiger partial charge in [0.05, 0.1) is 32.4 Å². The van der Waals surface area contributed by atoms with E-state index < -0.39 is 0 Å². The van der Waals surface area contributed by atoms with Crippen molar-refractivity contribution in [2.45, 2.75) is 20.3 Å². The number of hydrogen-bond acceptors (Lipinski definition) is 7. The van der Waals surface area contributed by atoms with Crippen molar-refractivity contribution in [3.63, 3.8) is 0 Å². The van der Waals surface area contributed by atoms with E-state index in [1.165, 1.54) is 24.5 Å². The van der Waals surface area contributed by atoms with Gasteiger partial charge in [0.25, 0.3) is 0 Å². The molecule has 144 valence electrons. The molecule has 0 aliphatic heterocycles. The number of hydrogen-bond donors (Lipinski definition) is 1. The molecule has 0 radical (unpaired) electrons. The van der Waals surface area contributed by atoms with Gasteiger partial charge < -0.3 is 14.2 Å². The van der Waals surface area contributed by atoms with Crippen LogP contribution in [0.5, 0.6) is 11.5 Å². The highest BCUT2D eigenvalue weighted by molar-refractivity contribution is 7.14. The van der Waals surface area contributed by atoms with Crippen LogP contribution in [0.25, 0.3) is 6.08 Å². The number of rotatable bonds is 9. The van der Waals surface area contributed by atoms with Crippen LogP contribution >= 0.6 is 11.3 Å². The van der Waals surface area contributed by atoms with Gasteiger partial charge in [-0.15, -0.1) is 11.3 Å². The van der Waals surface area contributed by atoms with Crippen molar-refractivity contribution in [2.24, 2.45) is 0 Å². The number of methoxy groups -OCH3 is 1. The van der Waals surface area contributed by atoms with Gasteiger partial charge in [-0.3, -0.25) is 14.9 Å². The number of nitrogens with zero attached hydrogens (tertiary/aromatic N) is 1. The SMILES string of the molecule is CCOc1ccc(/C=C/C(=O)Nc2nc(CC(=O)OC)cs2)cc1OCC. The molecule has 0 aliphatic rings. The van der Waals surface area contributed by atoms with E-state index >= 15 is 0 Å². The summed E-state index contributed by atoms with van der Waals surface area (Å²) in [5.41, 5.74) is 1.36. The van der Waals surface area contributed by atoms with E-state index in [0.717, 1.165) is 5.56 Å². The van der Waals surface area contributed by atoms with Crippen LogP contribution in [-0.2, 0) is 20.7 Å². The average Bonchev–Trinajstić information content (AvgIpc) is 3.08. The molecular weight excluding hydrogens is 368 g/mol. The Balaban J connectivity index is 1.99. The van der Waals surface area contributed by atoms with Crippen LogP contribution in [0.2, 0.25) is 0 Å². The van der Waals surface area contributed by atoms with Gasteiger partial charge in [0.1, 0.15) is 0 Å². The quantitative estimate of drug-likeness (QED) is 0.522. The van der Waals surface area contributed by atoms with Crippen LogP contribution in [0, 0.1) is 0 Å². The minimum atomic E-state index is -0.376. The van der Waals surface area contributed by atoms with E-state index in [1.54, 1.807) is 11.5 Å². The summed E-state index contributed by atoms with van der Waals surface area (Å²) in [6.07, 6.45) is 3.16. The number of thiazole rings is 1. The number of carbonyl (C=O) groups excluding carboxylic acids is 2. The van der Waals surface area contributed by atoms with Crippen LogP contribution in [-0.4, -0.2) is 37.2 Å². The summed E-state index contributed by atoms with van der Waals surface area (Å²) < 4.78 is 15.7. The lowest BCUT2D eigenvalue weighted by Crippen LogP contribution is -2.08. The summed E-state index contributed by atoms with van der Waals surface area (Å²) in [5, 5.41) is 4.80. The lowest BCUT2D eigenvalue weighted by atomic mass is 10.2. The van der Waals surface area contributed by atoms with Crippen molar-refractivity contribution in [1.29, 1.82) is 0 Å². The van der Waals surface area contributed by atoms with Crippen LogP contribution in [0.15, 0.2) is 29.7 Å². The Morgan fingerprint density at radius 1 is 1.19 bits per heavy atom. The fraction of sp³-hybridized carbons (Fsp3) is 0.316. The summed E-state index contributed by atoms with van der Waals surface area (Å²) in [4.78, 5) is 27.5. The van der Waals surface area contributed by atoms with Gasteiger partial charge in [-0.1, -0.05) is 6.07 Å². The van der Waals surface area contributed by atoms with Crippen molar-refractivity contribution >= 4 is 34.4 Å². The number of aromatic nitrogens is 1. The number of benzene rings is 1. The van der Waals surface area contributed by atoms with E-state index in [4.69, 9.17) is 9.47 Å². The molecule has 0 aliphatic carbocycles. The molecule has 0 saturated heterocycles. The molecule has 7 nitrogen and oxygen atoms in total. The first-order chi connectivity index (χ1) is 13.0. The smallest absolute Gasteiger partial charge is 0.311 e. The van der Waals surface area contributed by atoms with Crippen molar-refractivity contribution < 1.29 is 23.8 Å². The maximum Gasteiger partial charge on any atom is 0.311 e. The summed E-state index contributed by atoms with van der Waals surface area (Å²) in [6, 6.07) is 5.47. The Hall–Kier alpha value is -2.87. The standard InChI is InChI=1S/C19H22N2O5S/c1-4-25-15-8-6-13(10-16(15)26-5-2)7-9-17(22)21-19-20-14(12-27-19)11-18(23)24-3/h6-10,12H,4-5,11H2,1-3H3,(H,20,21,22)/b9-7+. The molecule has 1 amide bonds. The molecule has 1 aromatic carbocycles. The number of carbonyl (C=O) groups is 2. The molecule has 0 saturated carbocycles. The first kappa shape index (κ1) is 20.4. The predicted octanol–water partition coefficient (Wildman–Crippen LogP) is 3.31. The van der Waals surface area contributed by atoms with E-state index in [-0.39, 0.29) is 18.3 Å². The van der Waals surface area contributed by atoms with Gasteiger partial charge in [-0.05, 0) is 37.6 Å². The normalized spacial score (nSPS) is 10.6. The van der Waals surface area contributed by atoms with Crippen LogP contribution < -0.4 is 14.8 Å². The Morgan fingerprint density at radius 3 is 2.63 bits per heavy atom. The first-order valence-electron chi connectivity index (χ1n) is 8.45. The topological polar surface area (TPSA) is 86.8 Å². The molecule has 1 aromatic heterocycles. The number of esters is 1. The molecule has 1 N–H and O–H groups in total. The van der Waals surface area contributed by atoms with Gasteiger partial charge in [0.2, 0.25) is 5.91 Å². The molecule has 2 rings (SSSR count). The molecular formula is C19H22N2O5S. The molecule has 0 bridgehead atoms. The molecule has 8 heteroatoms. The minimum Gasteiger partial charge on any atom is -0.490 e. The molecule has 27 heavy (non-hydrogen) atoms. The van der Waals surface area contributed by atoms with Gasteiger partial charge >= 0.3 is 5.97 Å². The predicted molar refractivity (Wildman–Crippen MR) is 104 cm³/mol. The highest BCUT2D eigenvalue weighted by Gasteiger charge is 2.09. The van der Waals surface area contributed by atoms with Gasteiger partial charge in [-0.2, -0.15) is 0 Å². The Bertz CT molecular complexity index is 816. The molecule has 2 aromatic rings. The first-order valence-corrected chi connectivity index (χ1v) is 9.33. The summed E-state index contributed by atoms with van der Waals surface area (Å²) in [7, 11) is 1.32. The monoisotopic (exact) mass is 390 g/mol. The molecule has 0 unspecified atom stereocenters. The van der Waals surface area contributed by atoms with E-state index in [0.29, 0.717) is 35.5 Å². The van der Waals surface area contributed by atoms with Gasteiger partial charge in [0, 0.05) is 11.5 Å². The molecule has 0 fully saturated rings. The minimum absolute atomic E-state index is 0.0745. The molecule has 0 atom stereocenters. The fourth-order valence-corrected chi connectivity index (χ4v) is 2.87. The lowest BCUT2D eigenvalue weighted by Gasteiger charge is -2.11. The fourth-order valence-electron chi connectivity index (χ4n) is 2.16. The second kappa shape index (κ2) is 10.3. The van der Waals surface area contributed by atoms with Crippen molar-refractivity contribution in [3.8, 4) is 11.5 Å². The number of amides is 1. The zero-order valence-electron chi connectivity index (χ0n) is 15.5. The maximum absolute atomic E-state index is 12.1. The summed E-state index contributed by atoms with van der Waals surface area (Å²) in [6.45, 7) is 4.87. The van der Waals surface area contributed by atoms with E-state index in [9.17, 15) is 9.59 Å². The highest BCUT2D eigenvalue weighted by atomic mass is 32.1. The van der Waals surface area contributed by atoms with E-state index in [2.05, 4.69) is 15.0 Å². The average molecular weight is 390 g/mol. The second-order valence-corrected chi connectivity index (χ2v) is 6.15. The van der Waals surface area contributed by atoms with Crippen molar-refractivity contribution in [1.82, 2.24) is 4.98 Å². The van der Waals surface area contributed by atoms with Gasteiger partial charge in [0.15, 0.2) is 16.6 Å². The van der Waals surface area contributed by atoms with Crippen LogP contribution in [0.4, 0.5) is 5.13 Å². The number of anilines is 1. The van der Waals surface area contributed by atoms with Crippen LogP contribution in [0.3, 0.4) is 0 Å². The largest absolute Gasteiger partial charge is 0.490 e. The summed E-state index contributed by atoms with van der Waals surface area (Å²) in [5.74, 6) is 0.607. The third kappa shape index (κ3) is 6.41. The Labute approximate surface area is 162 Å². The zero-order chi connectivity index (χ0) is 19.6. The van der Waals surface area contributed by atoms with E-state index in [1.807, 2.05) is 32.0 Å². The van der Waals surface area contributed by atoms with Gasteiger partial charge in [-0.25, -0.2) is 4.98 Å². The second-order valence-electron chi connectivity index (χ2n) is 5.29. The van der Waals surface area contributed by atoms with Crippen LogP contribution in [0.1, 0.15) is 25.1 Å². The molecule has 0 spiro atoms. The third-order valence-electron chi connectivity index (χ3n) is 3.33. The highest BCUT2D eigenvalue weighted by Crippen LogP contribution is 2.29. The number of ether oxygens (including phenoxy) is 3. The molecule has 1 heterocycles. The van der Waals surface area contributed by atoms with Crippen molar-refractivity contribution in [2.75, 3.05) is 25.6 Å². The third-order valence-corrected chi connectivity index (χ3v) is 4.14. The Kier molecular flexibility index (Phi) is 7.81. The number of nitrogens with one attached hydrogen (secondary N) is 1. The zero-order valence-corrected chi connectivity index (χ0v) is 16.3. The lowest BCUT2D eigenvalue weighted by molar-refractivity contribution is -0.139. The maximum atomic E-state index is 12.1. The summed E-state index contributed by atoms with van der Waals surface area (Å²) >= 11 is 1.25.